The van der Waals surface area contributed by atoms with Crippen molar-refractivity contribution in [2.24, 2.45) is 0 Å². The van der Waals surface area contributed by atoms with Gasteiger partial charge in [0.2, 0.25) is 0 Å². The number of aromatic amines is 1. The number of amides is 1. The SMILES string of the molecule is CC(C)(C)OC(=O)Nc1ccc(Oc2ccnc3[nH]c(=O)cnc23)c2ccccc12. The largest absolute Gasteiger partial charge is 0.454 e. The lowest BCUT2D eigenvalue weighted by atomic mass is 10.1. The topological polar surface area (TPSA) is 106 Å². The zero-order valence-electron chi connectivity index (χ0n) is 16.7. The second-order valence-corrected chi connectivity index (χ2v) is 7.64. The van der Waals surface area contributed by atoms with Crippen molar-refractivity contribution in [2.75, 3.05) is 5.32 Å². The molecule has 2 heterocycles. The van der Waals surface area contributed by atoms with Crippen LogP contribution in [0.1, 0.15) is 20.8 Å². The van der Waals surface area contributed by atoms with Crippen molar-refractivity contribution in [2.45, 2.75) is 26.4 Å². The predicted octanol–water partition coefficient (Wildman–Crippen LogP) is 4.61. The van der Waals surface area contributed by atoms with Crippen LogP contribution in [0.3, 0.4) is 0 Å². The van der Waals surface area contributed by atoms with Gasteiger partial charge in [0.05, 0.1) is 11.9 Å². The number of carbonyl (C=O) groups excluding carboxylic acids is 1. The number of anilines is 1. The number of hydrogen-bond donors (Lipinski definition) is 2. The normalized spacial score (nSPS) is 11.4. The Morgan fingerprint density at radius 2 is 1.77 bits per heavy atom. The Morgan fingerprint density at radius 1 is 1.00 bits per heavy atom. The molecule has 0 bridgehead atoms. The van der Waals surface area contributed by atoms with E-state index in [1.54, 1.807) is 18.2 Å². The lowest BCUT2D eigenvalue weighted by Crippen LogP contribution is -2.27. The minimum absolute atomic E-state index is 0.338. The maximum atomic E-state index is 12.2. The van der Waals surface area contributed by atoms with Gasteiger partial charge in [0.1, 0.15) is 16.9 Å². The fourth-order valence-corrected chi connectivity index (χ4v) is 3.01. The summed E-state index contributed by atoms with van der Waals surface area (Å²) in [4.78, 5) is 34.6. The van der Waals surface area contributed by atoms with E-state index < -0.39 is 11.7 Å². The summed E-state index contributed by atoms with van der Waals surface area (Å²) in [6.45, 7) is 5.42. The maximum absolute atomic E-state index is 12.2. The molecule has 0 spiro atoms. The van der Waals surface area contributed by atoms with Crippen molar-refractivity contribution in [3.05, 3.63) is 65.2 Å². The molecule has 0 unspecified atom stereocenters. The highest BCUT2D eigenvalue weighted by atomic mass is 16.6. The second-order valence-electron chi connectivity index (χ2n) is 7.64. The van der Waals surface area contributed by atoms with Crippen LogP contribution in [0.15, 0.2) is 59.7 Å². The summed E-state index contributed by atoms with van der Waals surface area (Å²) in [6.07, 6.45) is 2.19. The van der Waals surface area contributed by atoms with Gasteiger partial charge in [-0.1, -0.05) is 24.3 Å². The van der Waals surface area contributed by atoms with Gasteiger partial charge in [-0.15, -0.1) is 0 Å². The summed E-state index contributed by atoms with van der Waals surface area (Å²) < 4.78 is 11.5. The Hall–Kier alpha value is -3.94. The van der Waals surface area contributed by atoms with E-state index in [1.807, 2.05) is 45.0 Å². The lowest BCUT2D eigenvalue weighted by molar-refractivity contribution is 0.0636. The predicted molar refractivity (Wildman–Crippen MR) is 114 cm³/mol. The molecule has 1 amide bonds. The molecular formula is C22H20N4O4. The quantitative estimate of drug-likeness (QED) is 0.516. The molecule has 0 fully saturated rings. The van der Waals surface area contributed by atoms with Crippen LogP contribution in [0, 0.1) is 0 Å². The van der Waals surface area contributed by atoms with Gasteiger partial charge in [-0.2, -0.15) is 0 Å². The minimum atomic E-state index is -0.598. The lowest BCUT2D eigenvalue weighted by Gasteiger charge is -2.20. The Balaban J connectivity index is 1.72. The third kappa shape index (κ3) is 4.07. The van der Waals surface area contributed by atoms with Gasteiger partial charge >= 0.3 is 6.09 Å². The van der Waals surface area contributed by atoms with E-state index in [2.05, 4.69) is 20.3 Å². The summed E-state index contributed by atoms with van der Waals surface area (Å²) in [7, 11) is 0. The van der Waals surface area contributed by atoms with E-state index in [4.69, 9.17) is 9.47 Å². The molecule has 0 aliphatic rings. The van der Waals surface area contributed by atoms with Crippen LogP contribution in [-0.2, 0) is 4.74 Å². The molecule has 2 aromatic heterocycles. The maximum Gasteiger partial charge on any atom is 0.412 e. The molecule has 2 aromatic carbocycles. The minimum Gasteiger partial charge on any atom is -0.454 e. The Labute approximate surface area is 171 Å². The molecule has 0 atom stereocenters. The summed E-state index contributed by atoms with van der Waals surface area (Å²) in [5, 5.41) is 4.37. The molecule has 0 saturated carbocycles. The van der Waals surface area contributed by atoms with E-state index in [0.717, 1.165) is 10.8 Å². The van der Waals surface area contributed by atoms with Gasteiger partial charge in [0.25, 0.3) is 5.56 Å². The van der Waals surface area contributed by atoms with E-state index in [1.165, 1.54) is 12.4 Å². The number of fused-ring (bicyclic) bond motifs is 2. The summed E-state index contributed by atoms with van der Waals surface area (Å²) in [6, 6.07) is 12.7. The first-order chi connectivity index (χ1) is 14.3. The molecule has 8 nitrogen and oxygen atoms in total. The van der Waals surface area contributed by atoms with Crippen LogP contribution in [-0.4, -0.2) is 26.6 Å². The second kappa shape index (κ2) is 7.47. The highest BCUT2D eigenvalue weighted by molar-refractivity contribution is 6.03. The molecular weight excluding hydrogens is 384 g/mol. The van der Waals surface area contributed by atoms with E-state index in [-0.39, 0.29) is 5.56 Å². The first kappa shape index (κ1) is 19.4. The number of ether oxygens (including phenoxy) is 2. The van der Waals surface area contributed by atoms with Gasteiger partial charge in [-0.25, -0.2) is 14.8 Å². The van der Waals surface area contributed by atoms with Crippen molar-refractivity contribution in [3.63, 3.8) is 0 Å². The number of benzene rings is 2. The van der Waals surface area contributed by atoms with Crippen LogP contribution < -0.4 is 15.6 Å². The third-order valence-corrected chi connectivity index (χ3v) is 4.18. The van der Waals surface area contributed by atoms with Crippen molar-refractivity contribution in [3.8, 4) is 11.5 Å². The monoisotopic (exact) mass is 404 g/mol. The molecule has 0 radical (unpaired) electrons. The number of pyridine rings is 1. The molecule has 0 aliphatic carbocycles. The molecule has 30 heavy (non-hydrogen) atoms. The molecule has 4 rings (SSSR count). The van der Waals surface area contributed by atoms with Crippen LogP contribution in [0.2, 0.25) is 0 Å². The average molecular weight is 404 g/mol. The fourth-order valence-electron chi connectivity index (χ4n) is 3.01. The third-order valence-electron chi connectivity index (χ3n) is 4.18. The smallest absolute Gasteiger partial charge is 0.412 e. The number of nitrogens with zero attached hydrogens (tertiary/aromatic N) is 2. The molecule has 2 N–H and O–H groups in total. The fraction of sp³-hybridized carbons (Fsp3) is 0.182. The number of rotatable bonds is 3. The summed E-state index contributed by atoms with van der Waals surface area (Å²) in [5.74, 6) is 1.02. The number of nitrogens with one attached hydrogen (secondary N) is 2. The van der Waals surface area contributed by atoms with Crippen LogP contribution in [0.25, 0.3) is 21.9 Å². The number of H-pyrrole nitrogens is 1. The van der Waals surface area contributed by atoms with Crippen LogP contribution in [0.5, 0.6) is 11.5 Å². The van der Waals surface area contributed by atoms with Gasteiger partial charge in [-0.05, 0) is 32.9 Å². The van der Waals surface area contributed by atoms with Gasteiger partial charge < -0.3 is 14.5 Å². The first-order valence-electron chi connectivity index (χ1n) is 9.34. The number of aromatic nitrogens is 3. The Kier molecular flexibility index (Phi) is 4.83. The summed E-state index contributed by atoms with van der Waals surface area (Å²) >= 11 is 0. The Bertz CT molecular complexity index is 1310. The van der Waals surface area contributed by atoms with Crippen molar-refractivity contribution in [1.29, 1.82) is 0 Å². The first-order valence-corrected chi connectivity index (χ1v) is 9.34. The van der Waals surface area contributed by atoms with Crippen LogP contribution >= 0.6 is 0 Å². The van der Waals surface area contributed by atoms with Gasteiger partial charge in [-0.3, -0.25) is 10.1 Å². The van der Waals surface area contributed by atoms with E-state index in [0.29, 0.717) is 28.4 Å². The highest BCUT2D eigenvalue weighted by Gasteiger charge is 2.18. The Morgan fingerprint density at radius 3 is 2.53 bits per heavy atom. The molecule has 8 heteroatoms. The van der Waals surface area contributed by atoms with E-state index in [9.17, 15) is 9.59 Å². The zero-order valence-corrected chi connectivity index (χ0v) is 16.7. The zero-order chi connectivity index (χ0) is 21.3. The molecule has 4 aromatic rings. The van der Waals surface area contributed by atoms with Crippen molar-refractivity contribution in [1.82, 2.24) is 15.0 Å². The van der Waals surface area contributed by atoms with Gasteiger partial charge in [0.15, 0.2) is 11.4 Å². The number of carbonyl (C=O) groups is 1. The molecule has 152 valence electrons. The standard InChI is InChI=1S/C22H20N4O4/c1-22(2,3)30-21(28)25-15-8-9-16(14-7-5-4-6-13(14)15)29-17-10-11-23-20-19(17)24-12-18(27)26-20/h4-12H,1-3H3,(H,25,28)(H,23,26,27). The number of hydrogen-bond acceptors (Lipinski definition) is 6. The summed E-state index contributed by atoms with van der Waals surface area (Å²) in [5.41, 5.74) is 0.452. The van der Waals surface area contributed by atoms with E-state index >= 15 is 0 Å². The molecule has 0 aliphatic heterocycles. The highest BCUT2D eigenvalue weighted by Crippen LogP contribution is 2.35. The van der Waals surface area contributed by atoms with Crippen LogP contribution in [0.4, 0.5) is 10.5 Å². The van der Waals surface area contributed by atoms with Crippen molar-refractivity contribution < 1.29 is 14.3 Å². The average Bonchev–Trinajstić information content (AvgIpc) is 2.68. The van der Waals surface area contributed by atoms with Gasteiger partial charge in [0, 0.05) is 23.0 Å². The van der Waals surface area contributed by atoms with Crippen molar-refractivity contribution >= 4 is 33.7 Å². The molecule has 0 saturated heterocycles.